The second-order valence-electron chi connectivity index (χ2n) is 11.0. The first-order valence-corrected chi connectivity index (χ1v) is 14.0. The van der Waals surface area contributed by atoms with Crippen molar-refractivity contribution in [3.63, 3.8) is 0 Å². The lowest BCUT2D eigenvalue weighted by atomic mass is 10.0. The van der Waals surface area contributed by atoms with Crippen LogP contribution in [0.5, 0.6) is 0 Å². The lowest BCUT2D eigenvalue weighted by Gasteiger charge is -2.26. The van der Waals surface area contributed by atoms with Crippen molar-refractivity contribution >= 4 is 17.1 Å². The van der Waals surface area contributed by atoms with E-state index in [1.807, 2.05) is 58.0 Å². The molecule has 0 saturated carbocycles. The molecule has 4 aromatic rings. The Labute approximate surface area is 242 Å². The maximum absolute atomic E-state index is 12.7. The number of H-pyrrole nitrogens is 2. The van der Waals surface area contributed by atoms with E-state index < -0.39 is 5.60 Å². The smallest absolute Gasteiger partial charge is 0.410 e. The van der Waals surface area contributed by atoms with Gasteiger partial charge in [-0.2, -0.15) is 0 Å². The quantitative estimate of drug-likeness (QED) is 0.249. The predicted octanol–water partition coefficient (Wildman–Crippen LogP) is 6.17. The molecule has 1 fully saturated rings. The van der Waals surface area contributed by atoms with Gasteiger partial charge in [0, 0.05) is 29.3 Å². The maximum Gasteiger partial charge on any atom is 0.410 e. The summed E-state index contributed by atoms with van der Waals surface area (Å²) >= 11 is 0. The van der Waals surface area contributed by atoms with Gasteiger partial charge in [0.2, 0.25) is 0 Å². The molecule has 1 saturated heterocycles. The summed E-state index contributed by atoms with van der Waals surface area (Å²) in [6.07, 6.45) is 12.6. The van der Waals surface area contributed by atoms with E-state index >= 15 is 0 Å². The highest BCUT2D eigenvalue weighted by Crippen LogP contribution is 2.30. The van der Waals surface area contributed by atoms with Gasteiger partial charge < -0.3 is 24.9 Å². The Morgan fingerprint density at radius 1 is 1.15 bits per heavy atom. The number of nitrogens with zero attached hydrogens (tertiary/aromatic N) is 3. The first-order chi connectivity index (χ1) is 19.8. The second-order valence-corrected chi connectivity index (χ2v) is 11.0. The Kier molecular flexibility index (Phi) is 9.49. The van der Waals surface area contributed by atoms with E-state index in [2.05, 4.69) is 62.1 Å². The summed E-state index contributed by atoms with van der Waals surface area (Å²) in [5, 5.41) is 3.54. The Morgan fingerprint density at radius 3 is 2.63 bits per heavy atom. The van der Waals surface area contributed by atoms with Crippen LogP contribution in [0.15, 0.2) is 48.8 Å². The maximum atomic E-state index is 12.7. The van der Waals surface area contributed by atoms with Crippen LogP contribution in [0.25, 0.3) is 22.3 Å². The molecule has 0 aliphatic carbocycles. The summed E-state index contributed by atoms with van der Waals surface area (Å²) in [6, 6.07) is 14.5. The second kappa shape index (κ2) is 13.2. The largest absolute Gasteiger partial charge is 0.444 e. The Morgan fingerprint density at radius 2 is 1.93 bits per heavy atom. The van der Waals surface area contributed by atoms with Crippen LogP contribution in [0, 0.1) is 24.7 Å². The van der Waals surface area contributed by atoms with Crippen LogP contribution in [0.1, 0.15) is 75.6 Å². The number of fused-ring (bicyclic) bond motifs is 1. The monoisotopic (exact) mass is 550 g/mol. The topological polar surface area (TPSA) is 98.9 Å². The molecule has 0 unspecified atom stereocenters. The van der Waals surface area contributed by atoms with Crippen molar-refractivity contribution in [3.8, 4) is 35.9 Å². The molecule has 2 aromatic carbocycles. The number of hydrogen-bond acceptors (Lipinski definition) is 5. The molecule has 2 aromatic heterocycles. The fourth-order valence-electron chi connectivity index (χ4n) is 4.85. The summed E-state index contributed by atoms with van der Waals surface area (Å²) in [6.45, 7) is 9.65. The van der Waals surface area contributed by atoms with Gasteiger partial charge in [-0.15, -0.1) is 12.8 Å². The number of aromatic amines is 2. The molecule has 0 radical (unpaired) electrons. The molecule has 5 rings (SSSR count). The molecular weight excluding hydrogens is 512 g/mol. The minimum absolute atomic E-state index is 0.321. The van der Waals surface area contributed by atoms with E-state index in [0.717, 1.165) is 58.5 Å². The van der Waals surface area contributed by atoms with Crippen LogP contribution in [-0.4, -0.2) is 49.6 Å². The molecule has 1 aliphatic heterocycles. The van der Waals surface area contributed by atoms with Crippen LogP contribution in [-0.2, 0) is 11.3 Å². The lowest BCUT2D eigenvalue weighted by molar-refractivity contribution is 0.0229. The number of rotatable bonds is 6. The van der Waals surface area contributed by atoms with E-state index in [-0.39, 0.29) is 6.09 Å². The highest BCUT2D eigenvalue weighted by Gasteiger charge is 2.23. The third kappa shape index (κ3) is 7.57. The predicted molar refractivity (Wildman–Crippen MR) is 163 cm³/mol. The van der Waals surface area contributed by atoms with Gasteiger partial charge in [0.25, 0.3) is 0 Å². The van der Waals surface area contributed by atoms with Gasteiger partial charge in [0.05, 0.1) is 35.3 Å². The number of ether oxygens (including phenoxy) is 1. The summed E-state index contributed by atoms with van der Waals surface area (Å²) < 4.78 is 5.57. The van der Waals surface area contributed by atoms with E-state index in [9.17, 15) is 4.79 Å². The zero-order valence-corrected chi connectivity index (χ0v) is 24.3. The number of terminal acetylenes is 1. The Balaban J connectivity index is 0.00000189. The molecule has 41 heavy (non-hydrogen) atoms. The minimum atomic E-state index is -0.544. The van der Waals surface area contributed by atoms with Gasteiger partial charge >= 0.3 is 6.09 Å². The summed E-state index contributed by atoms with van der Waals surface area (Å²) in [4.78, 5) is 30.3. The number of benzene rings is 2. The SMILES string of the molecule is C#C.CCCN(Cc1nc2ccc(C#Cc3cccc(-c4nc[nH]c4[C@@H]4CCCN4)c3)cc2[nH]1)C(=O)OC(C)(C)C. The average Bonchev–Trinajstić information content (AvgIpc) is 3.72. The number of nitrogens with one attached hydrogen (secondary N) is 3. The highest BCUT2D eigenvalue weighted by atomic mass is 16.6. The van der Waals surface area contributed by atoms with Gasteiger partial charge in [-0.05, 0) is 76.9 Å². The fraction of sp³-hybridized carbons (Fsp3) is 0.364. The third-order valence-corrected chi connectivity index (χ3v) is 6.58. The normalized spacial score (nSPS) is 14.5. The molecular formula is C33H38N6O2. The molecule has 0 spiro atoms. The van der Waals surface area contributed by atoms with E-state index in [0.29, 0.717) is 25.0 Å². The van der Waals surface area contributed by atoms with E-state index in [4.69, 9.17) is 4.74 Å². The molecule has 1 aliphatic rings. The van der Waals surface area contributed by atoms with Crippen LogP contribution < -0.4 is 5.32 Å². The third-order valence-electron chi connectivity index (χ3n) is 6.58. The standard InChI is InChI=1S/C31H36N6O2.C2H2/c1-5-16-37(30(38)39-31(2,3)4)19-27-35-24-14-13-22(18-26(24)36-27)12-11-21-8-6-9-23(17-21)28-29(34-20-33-28)25-10-7-15-32-25;1-2/h6,8-9,13-14,17-18,20,25,32H,5,7,10,15-16,19H2,1-4H3,(H,33,34)(H,35,36);1-2H/t25-;/m0./s1. The molecule has 1 atom stereocenters. The number of carbonyl (C=O) groups is 1. The molecule has 8 nitrogen and oxygen atoms in total. The number of carbonyl (C=O) groups excluding carboxylic acids is 1. The van der Waals surface area contributed by atoms with Gasteiger partial charge in [0.1, 0.15) is 11.4 Å². The minimum Gasteiger partial charge on any atom is -0.444 e. The zero-order chi connectivity index (χ0) is 29.4. The van der Waals surface area contributed by atoms with Crippen molar-refractivity contribution in [2.45, 2.75) is 65.1 Å². The van der Waals surface area contributed by atoms with Gasteiger partial charge in [-0.25, -0.2) is 14.8 Å². The Hall–Kier alpha value is -4.53. The number of hydrogen-bond donors (Lipinski definition) is 3. The first-order valence-electron chi connectivity index (χ1n) is 14.0. The van der Waals surface area contributed by atoms with Gasteiger partial charge in [-0.1, -0.05) is 30.9 Å². The van der Waals surface area contributed by atoms with Crippen molar-refractivity contribution in [1.82, 2.24) is 30.2 Å². The molecule has 8 heteroatoms. The number of imidazole rings is 2. The molecule has 3 heterocycles. The van der Waals surface area contributed by atoms with Crippen molar-refractivity contribution in [2.75, 3.05) is 13.1 Å². The molecule has 212 valence electrons. The van der Waals surface area contributed by atoms with Crippen LogP contribution >= 0.6 is 0 Å². The zero-order valence-electron chi connectivity index (χ0n) is 24.3. The molecule has 3 N–H and O–H groups in total. The van der Waals surface area contributed by atoms with Crippen LogP contribution in [0.2, 0.25) is 0 Å². The summed E-state index contributed by atoms with van der Waals surface area (Å²) in [7, 11) is 0. The van der Waals surface area contributed by atoms with Gasteiger partial charge in [0.15, 0.2) is 0 Å². The van der Waals surface area contributed by atoms with E-state index in [1.165, 1.54) is 6.42 Å². The van der Waals surface area contributed by atoms with Crippen LogP contribution in [0.3, 0.4) is 0 Å². The average molecular weight is 551 g/mol. The van der Waals surface area contributed by atoms with Crippen molar-refractivity contribution in [3.05, 3.63) is 71.4 Å². The highest BCUT2D eigenvalue weighted by molar-refractivity contribution is 5.77. The van der Waals surface area contributed by atoms with Crippen molar-refractivity contribution in [1.29, 1.82) is 0 Å². The number of aromatic nitrogens is 4. The van der Waals surface area contributed by atoms with Gasteiger partial charge in [-0.3, -0.25) is 0 Å². The first kappa shape index (κ1) is 29.5. The fourth-order valence-corrected chi connectivity index (χ4v) is 4.85. The number of amides is 1. The summed E-state index contributed by atoms with van der Waals surface area (Å²) in [5.41, 5.74) is 6.17. The van der Waals surface area contributed by atoms with Crippen molar-refractivity contribution < 1.29 is 9.53 Å². The van der Waals surface area contributed by atoms with Crippen LogP contribution in [0.4, 0.5) is 4.79 Å². The molecule has 1 amide bonds. The lowest BCUT2D eigenvalue weighted by Crippen LogP contribution is -2.37. The summed E-state index contributed by atoms with van der Waals surface area (Å²) in [5.74, 6) is 7.31. The van der Waals surface area contributed by atoms with E-state index in [1.54, 1.807) is 11.2 Å². The van der Waals surface area contributed by atoms with Crippen molar-refractivity contribution in [2.24, 2.45) is 0 Å². The Bertz CT molecular complexity index is 1560. The molecule has 0 bridgehead atoms.